The lowest BCUT2D eigenvalue weighted by molar-refractivity contribution is 0.0763. The van der Waals surface area contributed by atoms with Crippen LogP contribution in [-0.2, 0) is 0 Å². The standard InChI is InChI=1S/C14H19FN4O/c1-3-8-17-13-12(15)11(6-9-18-13)14(20)19(4-2)10-5-7-16/h6,9H,3-5,8,10H2,1-2H3,(H,17,18). The average Bonchev–Trinajstić information content (AvgIpc) is 2.46. The highest BCUT2D eigenvalue weighted by atomic mass is 19.1. The Morgan fingerprint density at radius 3 is 2.90 bits per heavy atom. The number of nitrogens with one attached hydrogen (secondary N) is 1. The summed E-state index contributed by atoms with van der Waals surface area (Å²) in [6.07, 6.45) is 2.47. The molecule has 0 aliphatic carbocycles. The van der Waals surface area contributed by atoms with Crippen LogP contribution in [0.1, 0.15) is 37.0 Å². The van der Waals surface area contributed by atoms with E-state index in [1.165, 1.54) is 17.2 Å². The van der Waals surface area contributed by atoms with E-state index < -0.39 is 11.7 Å². The first-order valence-electron chi connectivity index (χ1n) is 6.70. The molecule has 5 nitrogen and oxygen atoms in total. The minimum atomic E-state index is -0.638. The number of anilines is 1. The molecule has 1 aromatic heterocycles. The van der Waals surface area contributed by atoms with Gasteiger partial charge in [-0.3, -0.25) is 4.79 Å². The molecule has 1 aromatic rings. The van der Waals surface area contributed by atoms with Crippen LogP contribution >= 0.6 is 0 Å². The van der Waals surface area contributed by atoms with E-state index in [0.29, 0.717) is 19.6 Å². The number of nitriles is 1. The minimum absolute atomic E-state index is 0.0154. The zero-order valence-electron chi connectivity index (χ0n) is 11.8. The van der Waals surface area contributed by atoms with E-state index in [1.54, 1.807) is 6.92 Å². The van der Waals surface area contributed by atoms with Crippen molar-refractivity contribution < 1.29 is 9.18 Å². The zero-order valence-corrected chi connectivity index (χ0v) is 11.8. The molecule has 0 spiro atoms. The monoisotopic (exact) mass is 278 g/mol. The lowest BCUT2D eigenvalue weighted by atomic mass is 10.2. The second-order valence-electron chi connectivity index (χ2n) is 4.24. The summed E-state index contributed by atoms with van der Waals surface area (Å²) in [6, 6.07) is 3.35. The van der Waals surface area contributed by atoms with Gasteiger partial charge in [-0.1, -0.05) is 6.92 Å². The maximum absolute atomic E-state index is 14.2. The Morgan fingerprint density at radius 1 is 1.55 bits per heavy atom. The molecule has 0 unspecified atom stereocenters. The van der Waals surface area contributed by atoms with Gasteiger partial charge in [-0.15, -0.1) is 0 Å². The van der Waals surface area contributed by atoms with Crippen LogP contribution in [0.25, 0.3) is 0 Å². The Balaban J connectivity index is 2.94. The van der Waals surface area contributed by atoms with Crippen molar-refractivity contribution in [3.63, 3.8) is 0 Å². The lowest BCUT2D eigenvalue weighted by Gasteiger charge is -2.20. The molecule has 0 radical (unpaired) electrons. The first-order valence-corrected chi connectivity index (χ1v) is 6.70. The van der Waals surface area contributed by atoms with Crippen molar-refractivity contribution in [1.82, 2.24) is 9.88 Å². The quantitative estimate of drug-likeness (QED) is 0.831. The molecule has 1 rings (SSSR count). The fourth-order valence-corrected chi connectivity index (χ4v) is 1.73. The molecule has 0 bridgehead atoms. The van der Waals surface area contributed by atoms with Gasteiger partial charge in [0.1, 0.15) is 0 Å². The van der Waals surface area contributed by atoms with Gasteiger partial charge in [0, 0.05) is 25.8 Å². The van der Waals surface area contributed by atoms with Gasteiger partial charge in [-0.05, 0) is 19.4 Å². The van der Waals surface area contributed by atoms with Crippen LogP contribution in [0.2, 0.25) is 0 Å². The van der Waals surface area contributed by atoms with Crippen molar-refractivity contribution in [2.75, 3.05) is 25.0 Å². The van der Waals surface area contributed by atoms with Gasteiger partial charge in [0.25, 0.3) is 5.91 Å². The van der Waals surface area contributed by atoms with Crippen LogP contribution in [0, 0.1) is 17.1 Å². The van der Waals surface area contributed by atoms with Crippen molar-refractivity contribution in [1.29, 1.82) is 5.26 Å². The van der Waals surface area contributed by atoms with Gasteiger partial charge in [-0.2, -0.15) is 5.26 Å². The van der Waals surface area contributed by atoms with E-state index in [1.807, 2.05) is 13.0 Å². The molecule has 1 amide bonds. The number of halogens is 1. The summed E-state index contributed by atoms with van der Waals surface area (Å²) < 4.78 is 14.2. The molecule has 0 fully saturated rings. The highest BCUT2D eigenvalue weighted by Crippen LogP contribution is 2.17. The number of hydrogen-bond acceptors (Lipinski definition) is 4. The molecular weight excluding hydrogens is 259 g/mol. The van der Waals surface area contributed by atoms with Crippen LogP contribution in [0.3, 0.4) is 0 Å². The molecule has 0 aromatic carbocycles. The average molecular weight is 278 g/mol. The maximum Gasteiger partial charge on any atom is 0.257 e. The molecule has 6 heteroatoms. The molecule has 1 N–H and O–H groups in total. The predicted molar refractivity (Wildman–Crippen MR) is 74.8 cm³/mol. The summed E-state index contributed by atoms with van der Waals surface area (Å²) in [6.45, 7) is 5.07. The third kappa shape index (κ3) is 3.92. The van der Waals surface area contributed by atoms with Crippen LogP contribution in [-0.4, -0.2) is 35.4 Å². The summed E-state index contributed by atoms with van der Waals surface area (Å²) in [5.74, 6) is -0.961. The number of aromatic nitrogens is 1. The number of rotatable bonds is 7. The molecule has 20 heavy (non-hydrogen) atoms. The maximum atomic E-state index is 14.2. The highest BCUT2D eigenvalue weighted by molar-refractivity contribution is 5.95. The summed E-state index contributed by atoms with van der Waals surface area (Å²) >= 11 is 0. The van der Waals surface area contributed by atoms with E-state index in [2.05, 4.69) is 10.3 Å². The van der Waals surface area contributed by atoms with Gasteiger partial charge in [0.05, 0.1) is 18.1 Å². The van der Waals surface area contributed by atoms with Gasteiger partial charge in [0.2, 0.25) is 0 Å². The number of carbonyl (C=O) groups is 1. The lowest BCUT2D eigenvalue weighted by Crippen LogP contribution is -2.32. The Hall–Kier alpha value is -2.16. The van der Waals surface area contributed by atoms with Crippen LogP contribution in [0.5, 0.6) is 0 Å². The number of amides is 1. The molecule has 0 atom stereocenters. The first kappa shape index (κ1) is 15.9. The van der Waals surface area contributed by atoms with E-state index in [9.17, 15) is 9.18 Å². The van der Waals surface area contributed by atoms with Crippen LogP contribution in [0.4, 0.5) is 10.2 Å². The minimum Gasteiger partial charge on any atom is -0.368 e. The van der Waals surface area contributed by atoms with Crippen molar-refractivity contribution in [2.45, 2.75) is 26.7 Å². The molecule has 108 valence electrons. The number of hydrogen-bond donors (Lipinski definition) is 1. The fourth-order valence-electron chi connectivity index (χ4n) is 1.73. The second-order valence-corrected chi connectivity index (χ2v) is 4.24. The summed E-state index contributed by atoms with van der Waals surface area (Å²) in [7, 11) is 0. The van der Waals surface area contributed by atoms with Crippen LogP contribution in [0.15, 0.2) is 12.3 Å². The van der Waals surface area contributed by atoms with E-state index in [0.717, 1.165) is 6.42 Å². The van der Waals surface area contributed by atoms with Gasteiger partial charge < -0.3 is 10.2 Å². The van der Waals surface area contributed by atoms with E-state index in [-0.39, 0.29) is 17.8 Å². The SMILES string of the molecule is CCCNc1nccc(C(=O)N(CC)CCC#N)c1F. The number of nitrogens with zero attached hydrogens (tertiary/aromatic N) is 3. The van der Waals surface area contributed by atoms with Crippen molar-refractivity contribution in [3.05, 3.63) is 23.6 Å². The van der Waals surface area contributed by atoms with Crippen LogP contribution < -0.4 is 5.32 Å². The highest BCUT2D eigenvalue weighted by Gasteiger charge is 2.20. The Labute approximate surface area is 118 Å². The van der Waals surface area contributed by atoms with Crippen molar-refractivity contribution in [3.8, 4) is 6.07 Å². The smallest absolute Gasteiger partial charge is 0.257 e. The summed E-state index contributed by atoms with van der Waals surface area (Å²) in [5, 5.41) is 11.4. The third-order valence-corrected chi connectivity index (χ3v) is 2.82. The largest absolute Gasteiger partial charge is 0.368 e. The normalized spacial score (nSPS) is 9.90. The summed E-state index contributed by atoms with van der Waals surface area (Å²) in [5.41, 5.74) is -0.0154. The predicted octanol–water partition coefficient (Wildman–Crippen LogP) is 2.42. The third-order valence-electron chi connectivity index (χ3n) is 2.82. The molecule has 0 aliphatic rings. The van der Waals surface area contributed by atoms with Crippen molar-refractivity contribution >= 4 is 11.7 Å². The Bertz CT molecular complexity index is 498. The number of carbonyl (C=O) groups excluding carboxylic acids is 1. The molecule has 0 saturated carbocycles. The molecule has 0 saturated heterocycles. The van der Waals surface area contributed by atoms with E-state index in [4.69, 9.17) is 5.26 Å². The summed E-state index contributed by atoms with van der Waals surface area (Å²) in [4.78, 5) is 17.6. The van der Waals surface area contributed by atoms with Crippen molar-refractivity contribution in [2.24, 2.45) is 0 Å². The Morgan fingerprint density at radius 2 is 2.30 bits per heavy atom. The Kier molecular flexibility index (Phi) is 6.44. The topological polar surface area (TPSA) is 69.0 Å². The van der Waals surface area contributed by atoms with Gasteiger partial charge in [-0.25, -0.2) is 9.37 Å². The van der Waals surface area contributed by atoms with E-state index >= 15 is 0 Å². The fraction of sp³-hybridized carbons (Fsp3) is 0.500. The first-order chi connectivity index (χ1) is 9.65. The second kappa shape index (κ2) is 8.10. The molecule has 0 aliphatic heterocycles. The van der Waals surface area contributed by atoms with Gasteiger partial charge >= 0.3 is 0 Å². The zero-order chi connectivity index (χ0) is 15.0. The van der Waals surface area contributed by atoms with Gasteiger partial charge in [0.15, 0.2) is 11.6 Å². The molecular formula is C14H19FN4O. The molecule has 1 heterocycles. The number of pyridine rings is 1.